The monoisotopic (exact) mass is 550 g/mol. The predicted molar refractivity (Wildman–Crippen MR) is 148 cm³/mol. The van der Waals surface area contributed by atoms with E-state index in [2.05, 4.69) is 15.6 Å². The molecule has 2 N–H and O–H groups in total. The van der Waals surface area contributed by atoms with Crippen molar-refractivity contribution in [3.05, 3.63) is 54.7 Å². The average molecular weight is 551 g/mol. The van der Waals surface area contributed by atoms with E-state index in [-0.39, 0.29) is 24.5 Å². The number of fused-ring (bicyclic) bond motifs is 2. The van der Waals surface area contributed by atoms with Gasteiger partial charge in [0.1, 0.15) is 17.5 Å². The minimum absolute atomic E-state index is 0.0839. The van der Waals surface area contributed by atoms with Crippen molar-refractivity contribution in [1.82, 2.24) is 10.3 Å². The Hall–Kier alpha value is -3.99. The highest BCUT2D eigenvalue weighted by Crippen LogP contribution is 2.34. The molecule has 0 spiro atoms. The standard InChI is InChI=1S/C28H30N4O6S/c1-18(28(35)31-20-7-3-4-8-20)32(22-12-19-6-2-5-9-23(19)29-14-22)27(34)16-39(36)15-26(33)30-21-10-11-24-25(13-21)38-17-37-24/h2,5-6,9-14,18,20H,3-4,7-8,15-17H2,1H3,(H,30,33)(H,31,35)/t18-,39+/m1/s1. The summed E-state index contributed by atoms with van der Waals surface area (Å²) in [6.07, 6.45) is 5.47. The average Bonchev–Trinajstić information content (AvgIpc) is 3.60. The molecule has 11 heteroatoms. The van der Waals surface area contributed by atoms with Crippen LogP contribution in [0.2, 0.25) is 0 Å². The third kappa shape index (κ3) is 6.36. The number of hydrogen-bond donors (Lipinski definition) is 2. The molecule has 1 aliphatic carbocycles. The second-order valence-corrected chi connectivity index (χ2v) is 11.1. The van der Waals surface area contributed by atoms with E-state index in [1.54, 1.807) is 31.2 Å². The zero-order chi connectivity index (χ0) is 27.4. The van der Waals surface area contributed by atoms with E-state index in [0.29, 0.717) is 22.9 Å². The summed E-state index contributed by atoms with van der Waals surface area (Å²) in [5, 5.41) is 6.52. The molecule has 2 aromatic carbocycles. The summed E-state index contributed by atoms with van der Waals surface area (Å²) in [5.41, 5.74) is 1.64. The van der Waals surface area contributed by atoms with Gasteiger partial charge in [0, 0.05) is 34.0 Å². The molecule has 3 amide bonds. The van der Waals surface area contributed by atoms with E-state index < -0.39 is 34.4 Å². The van der Waals surface area contributed by atoms with Crippen LogP contribution in [0.15, 0.2) is 54.7 Å². The summed E-state index contributed by atoms with van der Waals surface area (Å²) < 4.78 is 23.5. The first-order valence-electron chi connectivity index (χ1n) is 12.9. The van der Waals surface area contributed by atoms with Gasteiger partial charge >= 0.3 is 0 Å². The largest absolute Gasteiger partial charge is 0.454 e. The van der Waals surface area contributed by atoms with Crippen LogP contribution in [-0.4, -0.2) is 57.3 Å². The van der Waals surface area contributed by atoms with Crippen LogP contribution < -0.4 is 25.0 Å². The minimum Gasteiger partial charge on any atom is -0.454 e. The van der Waals surface area contributed by atoms with Crippen molar-refractivity contribution in [3.8, 4) is 11.5 Å². The first-order chi connectivity index (χ1) is 18.9. The number of carbonyl (C=O) groups is 3. The molecule has 39 heavy (non-hydrogen) atoms. The molecule has 2 heterocycles. The summed E-state index contributed by atoms with van der Waals surface area (Å²) in [4.78, 5) is 45.0. The maximum absolute atomic E-state index is 13.5. The van der Waals surface area contributed by atoms with Crippen molar-refractivity contribution in [2.45, 2.75) is 44.7 Å². The lowest BCUT2D eigenvalue weighted by atomic mass is 10.1. The van der Waals surface area contributed by atoms with Crippen molar-refractivity contribution < 1.29 is 28.1 Å². The highest BCUT2D eigenvalue weighted by molar-refractivity contribution is 7.86. The van der Waals surface area contributed by atoms with Gasteiger partial charge in [-0.2, -0.15) is 0 Å². The molecule has 10 nitrogen and oxygen atoms in total. The summed E-state index contributed by atoms with van der Waals surface area (Å²) in [5.74, 6) is -1.05. The normalized spacial score (nSPS) is 16.0. The molecule has 2 aliphatic rings. The highest BCUT2D eigenvalue weighted by atomic mass is 32.2. The molecule has 1 saturated carbocycles. The molecule has 5 rings (SSSR count). The Kier molecular flexibility index (Phi) is 8.06. The lowest BCUT2D eigenvalue weighted by Gasteiger charge is -2.29. The van der Waals surface area contributed by atoms with Crippen LogP contribution in [-0.2, 0) is 25.2 Å². The van der Waals surface area contributed by atoms with Crippen LogP contribution in [0.5, 0.6) is 11.5 Å². The lowest BCUT2D eigenvalue weighted by Crippen LogP contribution is -2.51. The van der Waals surface area contributed by atoms with E-state index in [4.69, 9.17) is 9.47 Å². The van der Waals surface area contributed by atoms with Gasteiger partial charge < -0.3 is 20.1 Å². The number of carbonyl (C=O) groups excluding carboxylic acids is 3. The van der Waals surface area contributed by atoms with Crippen LogP contribution in [0.1, 0.15) is 32.6 Å². The van der Waals surface area contributed by atoms with Gasteiger partial charge in [0.05, 0.1) is 17.4 Å². The summed E-state index contributed by atoms with van der Waals surface area (Å²) >= 11 is 0. The van der Waals surface area contributed by atoms with Crippen LogP contribution in [0.4, 0.5) is 11.4 Å². The van der Waals surface area contributed by atoms with Crippen molar-refractivity contribution in [1.29, 1.82) is 0 Å². The zero-order valence-electron chi connectivity index (χ0n) is 21.6. The maximum atomic E-state index is 13.5. The van der Waals surface area contributed by atoms with Crippen LogP contribution in [0.3, 0.4) is 0 Å². The van der Waals surface area contributed by atoms with E-state index in [9.17, 15) is 18.6 Å². The Morgan fingerprint density at radius 2 is 1.82 bits per heavy atom. The number of hydrogen-bond acceptors (Lipinski definition) is 7. The van der Waals surface area contributed by atoms with Crippen molar-refractivity contribution >= 4 is 50.8 Å². The maximum Gasteiger partial charge on any atom is 0.243 e. The number of pyridine rings is 1. The van der Waals surface area contributed by atoms with Gasteiger partial charge in [-0.1, -0.05) is 31.0 Å². The summed E-state index contributed by atoms with van der Waals surface area (Å²) in [6.45, 7) is 1.76. The second-order valence-electron chi connectivity index (χ2n) is 9.66. The topological polar surface area (TPSA) is 127 Å². The van der Waals surface area contributed by atoms with Crippen molar-refractivity contribution in [3.63, 3.8) is 0 Å². The molecule has 1 aliphatic heterocycles. The smallest absolute Gasteiger partial charge is 0.243 e. The molecule has 0 radical (unpaired) electrons. The molecule has 0 bridgehead atoms. The molecule has 3 aromatic rings. The quantitative estimate of drug-likeness (QED) is 0.419. The fourth-order valence-electron chi connectivity index (χ4n) is 4.86. The number of nitrogens with one attached hydrogen (secondary N) is 2. The molecule has 1 fully saturated rings. The van der Waals surface area contributed by atoms with Gasteiger partial charge in [-0.3, -0.25) is 28.5 Å². The highest BCUT2D eigenvalue weighted by Gasteiger charge is 2.31. The van der Waals surface area contributed by atoms with Crippen LogP contribution in [0.25, 0.3) is 10.9 Å². The third-order valence-electron chi connectivity index (χ3n) is 6.82. The Bertz CT molecular complexity index is 1420. The third-order valence-corrected chi connectivity index (χ3v) is 7.98. The molecule has 204 valence electrons. The molecular weight excluding hydrogens is 520 g/mol. The first-order valence-corrected chi connectivity index (χ1v) is 14.4. The fourth-order valence-corrected chi connectivity index (χ4v) is 5.74. The number of nitrogens with zero attached hydrogens (tertiary/aromatic N) is 2. The fraction of sp³-hybridized carbons (Fsp3) is 0.357. The zero-order valence-corrected chi connectivity index (χ0v) is 22.4. The van der Waals surface area contributed by atoms with Gasteiger partial charge in [0.2, 0.25) is 24.5 Å². The van der Waals surface area contributed by atoms with Crippen LogP contribution in [0, 0.1) is 0 Å². The Morgan fingerprint density at radius 1 is 1.05 bits per heavy atom. The van der Waals surface area contributed by atoms with Gasteiger partial charge in [-0.25, -0.2) is 0 Å². The number of para-hydroxylation sites is 1. The number of amides is 3. The van der Waals surface area contributed by atoms with E-state index >= 15 is 0 Å². The number of benzene rings is 2. The SMILES string of the molecule is C[C@H](C(=O)NC1CCCC1)N(C(=O)C[S@@](=O)CC(=O)Nc1ccc2c(c1)OCO2)c1cnc2ccccc2c1. The predicted octanol–water partition coefficient (Wildman–Crippen LogP) is 3.13. The number of aromatic nitrogens is 1. The van der Waals surface area contributed by atoms with Gasteiger partial charge in [-0.05, 0) is 44.0 Å². The summed E-state index contributed by atoms with van der Waals surface area (Å²) in [6, 6.07) is 13.4. The number of rotatable bonds is 9. The van der Waals surface area contributed by atoms with Crippen molar-refractivity contribution in [2.75, 3.05) is 28.5 Å². The number of ether oxygens (including phenoxy) is 2. The Labute approximate surface area is 228 Å². The van der Waals surface area contributed by atoms with E-state index in [0.717, 1.165) is 36.6 Å². The van der Waals surface area contributed by atoms with Gasteiger partial charge in [-0.15, -0.1) is 0 Å². The second kappa shape index (κ2) is 11.8. The first kappa shape index (κ1) is 26.6. The Morgan fingerprint density at radius 3 is 2.64 bits per heavy atom. The Balaban J connectivity index is 1.28. The molecule has 2 atom stereocenters. The van der Waals surface area contributed by atoms with Crippen LogP contribution >= 0.6 is 0 Å². The van der Waals surface area contributed by atoms with Crippen molar-refractivity contribution in [2.24, 2.45) is 0 Å². The minimum atomic E-state index is -1.82. The van der Waals surface area contributed by atoms with E-state index in [1.165, 1.54) is 11.1 Å². The molecule has 0 saturated heterocycles. The number of anilines is 2. The lowest BCUT2D eigenvalue weighted by molar-refractivity contribution is -0.125. The van der Waals surface area contributed by atoms with E-state index in [1.807, 2.05) is 24.3 Å². The van der Waals surface area contributed by atoms with Gasteiger partial charge in [0.15, 0.2) is 11.5 Å². The van der Waals surface area contributed by atoms with Gasteiger partial charge in [0.25, 0.3) is 0 Å². The molecule has 1 aromatic heterocycles. The molecular formula is C28H30N4O6S. The molecule has 0 unspecified atom stereocenters. The summed E-state index contributed by atoms with van der Waals surface area (Å²) in [7, 11) is -1.82.